The molecule has 8 nitrogen and oxygen atoms in total. The molecule has 28 heavy (non-hydrogen) atoms. The zero-order valence-corrected chi connectivity index (χ0v) is 18.0. The van der Waals surface area contributed by atoms with Crippen LogP contribution in [0.3, 0.4) is 0 Å². The average Bonchev–Trinajstić information content (AvgIpc) is 2.65. The van der Waals surface area contributed by atoms with Crippen LogP contribution in [0, 0.1) is 0 Å². The fourth-order valence-electron chi connectivity index (χ4n) is 2.31. The monoisotopic (exact) mass is 469 g/mol. The van der Waals surface area contributed by atoms with E-state index in [4.69, 9.17) is 9.47 Å². The third kappa shape index (κ3) is 5.96. The molecule has 0 atom stereocenters. The SMILES string of the molecule is COc1ccc(OC)c(/C=N/NC(=O)CN(c2cccc(Br)c2)S(C)(=O)=O)c1. The van der Waals surface area contributed by atoms with Gasteiger partial charge in [0.05, 0.1) is 32.4 Å². The van der Waals surface area contributed by atoms with Crippen LogP contribution in [0.5, 0.6) is 11.5 Å². The molecule has 0 saturated carbocycles. The van der Waals surface area contributed by atoms with Crippen LogP contribution in [0.25, 0.3) is 0 Å². The molecule has 0 bridgehead atoms. The van der Waals surface area contributed by atoms with E-state index < -0.39 is 22.5 Å². The van der Waals surface area contributed by atoms with E-state index in [0.29, 0.717) is 27.2 Å². The molecule has 0 aliphatic carbocycles. The summed E-state index contributed by atoms with van der Waals surface area (Å²) in [7, 11) is -0.616. The maximum atomic E-state index is 12.2. The zero-order chi connectivity index (χ0) is 20.7. The smallest absolute Gasteiger partial charge is 0.260 e. The first kappa shape index (κ1) is 21.7. The summed E-state index contributed by atoms with van der Waals surface area (Å²) >= 11 is 3.29. The van der Waals surface area contributed by atoms with Gasteiger partial charge in [-0.2, -0.15) is 5.10 Å². The Hall–Kier alpha value is -2.59. The number of hydrazone groups is 1. The Morgan fingerprint density at radius 1 is 1.21 bits per heavy atom. The van der Waals surface area contributed by atoms with Gasteiger partial charge in [-0.1, -0.05) is 22.0 Å². The molecule has 2 aromatic carbocycles. The summed E-state index contributed by atoms with van der Waals surface area (Å²) in [6.45, 7) is -0.415. The zero-order valence-electron chi connectivity index (χ0n) is 15.5. The first-order valence-electron chi connectivity index (χ1n) is 8.02. The van der Waals surface area contributed by atoms with E-state index >= 15 is 0 Å². The van der Waals surface area contributed by atoms with Gasteiger partial charge in [0.1, 0.15) is 18.0 Å². The molecule has 1 N–H and O–H groups in total. The highest BCUT2D eigenvalue weighted by Crippen LogP contribution is 2.23. The fraction of sp³-hybridized carbons (Fsp3) is 0.222. The molecule has 2 rings (SSSR count). The number of carbonyl (C=O) groups is 1. The van der Waals surface area contributed by atoms with Gasteiger partial charge in [0.2, 0.25) is 10.0 Å². The summed E-state index contributed by atoms with van der Waals surface area (Å²) in [6.07, 6.45) is 2.43. The predicted octanol–water partition coefficient (Wildman–Crippen LogP) is 2.38. The molecule has 0 aliphatic rings. The molecule has 0 fully saturated rings. The van der Waals surface area contributed by atoms with Crippen molar-refractivity contribution in [2.45, 2.75) is 0 Å². The third-order valence-electron chi connectivity index (χ3n) is 3.61. The Balaban J connectivity index is 2.13. The third-order valence-corrected chi connectivity index (χ3v) is 5.25. The normalized spacial score (nSPS) is 11.3. The quantitative estimate of drug-likeness (QED) is 0.472. The van der Waals surface area contributed by atoms with Crippen molar-refractivity contribution in [3.63, 3.8) is 0 Å². The minimum absolute atomic E-state index is 0.366. The molecule has 1 amide bonds. The topological polar surface area (TPSA) is 97.3 Å². The van der Waals surface area contributed by atoms with Gasteiger partial charge in [-0.3, -0.25) is 9.10 Å². The number of anilines is 1. The van der Waals surface area contributed by atoms with Crippen LogP contribution in [0.4, 0.5) is 5.69 Å². The molecule has 0 aromatic heterocycles. The van der Waals surface area contributed by atoms with Crippen molar-refractivity contribution in [2.75, 3.05) is 31.3 Å². The molecule has 150 valence electrons. The number of hydrogen-bond acceptors (Lipinski definition) is 6. The maximum Gasteiger partial charge on any atom is 0.260 e. The highest BCUT2D eigenvalue weighted by atomic mass is 79.9. The Morgan fingerprint density at radius 3 is 2.57 bits per heavy atom. The van der Waals surface area contributed by atoms with Crippen LogP contribution in [0.15, 0.2) is 52.0 Å². The van der Waals surface area contributed by atoms with Gasteiger partial charge in [-0.25, -0.2) is 13.8 Å². The van der Waals surface area contributed by atoms with Crippen LogP contribution in [0.2, 0.25) is 0 Å². The molecule has 0 radical (unpaired) electrons. The second kappa shape index (κ2) is 9.56. The van der Waals surface area contributed by atoms with E-state index in [-0.39, 0.29) is 0 Å². The summed E-state index contributed by atoms with van der Waals surface area (Å²) in [5, 5.41) is 3.88. The van der Waals surface area contributed by atoms with Crippen molar-refractivity contribution in [1.82, 2.24) is 5.43 Å². The number of nitrogens with one attached hydrogen (secondary N) is 1. The van der Waals surface area contributed by atoms with Crippen LogP contribution in [0.1, 0.15) is 5.56 Å². The van der Waals surface area contributed by atoms with Crippen molar-refractivity contribution in [3.05, 3.63) is 52.5 Å². The summed E-state index contributed by atoms with van der Waals surface area (Å²) in [4.78, 5) is 12.2. The number of sulfonamides is 1. The van der Waals surface area contributed by atoms with Gasteiger partial charge in [-0.15, -0.1) is 0 Å². The minimum atomic E-state index is -3.66. The predicted molar refractivity (Wildman–Crippen MR) is 112 cm³/mol. The number of carbonyl (C=O) groups excluding carboxylic acids is 1. The lowest BCUT2D eigenvalue weighted by molar-refractivity contribution is -0.119. The van der Waals surface area contributed by atoms with Gasteiger partial charge in [-0.05, 0) is 36.4 Å². The lowest BCUT2D eigenvalue weighted by Crippen LogP contribution is -2.39. The Morgan fingerprint density at radius 2 is 1.96 bits per heavy atom. The summed E-state index contributed by atoms with van der Waals surface area (Å²) in [5.41, 5.74) is 3.28. The number of amides is 1. The number of ether oxygens (including phenoxy) is 2. The van der Waals surface area contributed by atoms with E-state index in [2.05, 4.69) is 26.5 Å². The number of halogens is 1. The number of benzene rings is 2. The van der Waals surface area contributed by atoms with Gasteiger partial charge >= 0.3 is 0 Å². The van der Waals surface area contributed by atoms with Gasteiger partial charge < -0.3 is 9.47 Å². The van der Waals surface area contributed by atoms with Crippen LogP contribution in [-0.4, -0.2) is 47.6 Å². The first-order chi connectivity index (χ1) is 13.2. The minimum Gasteiger partial charge on any atom is -0.497 e. The number of methoxy groups -OCH3 is 2. The molecule has 0 spiro atoms. The van der Waals surface area contributed by atoms with Crippen molar-refractivity contribution in [3.8, 4) is 11.5 Å². The molecular weight excluding hydrogens is 450 g/mol. The lowest BCUT2D eigenvalue weighted by Gasteiger charge is -2.21. The average molecular weight is 470 g/mol. The van der Waals surface area contributed by atoms with E-state index in [9.17, 15) is 13.2 Å². The number of hydrogen-bond donors (Lipinski definition) is 1. The van der Waals surface area contributed by atoms with E-state index in [1.54, 1.807) is 42.5 Å². The van der Waals surface area contributed by atoms with Crippen molar-refractivity contribution in [2.24, 2.45) is 5.10 Å². The van der Waals surface area contributed by atoms with E-state index in [0.717, 1.165) is 10.6 Å². The standard InChI is InChI=1S/C18H20BrN3O5S/c1-26-16-7-8-17(27-2)13(9-16)11-20-21-18(23)12-22(28(3,24)25)15-6-4-5-14(19)10-15/h4-11H,12H2,1-3H3,(H,21,23)/b20-11+. The molecule has 10 heteroatoms. The number of nitrogens with zero attached hydrogens (tertiary/aromatic N) is 2. The van der Waals surface area contributed by atoms with Crippen molar-refractivity contribution < 1.29 is 22.7 Å². The fourth-order valence-corrected chi connectivity index (χ4v) is 3.55. The van der Waals surface area contributed by atoms with Gasteiger partial charge in [0.15, 0.2) is 0 Å². The van der Waals surface area contributed by atoms with Crippen LogP contribution >= 0.6 is 15.9 Å². The summed E-state index contributed by atoms with van der Waals surface area (Å²) < 4.78 is 36.2. The molecule has 2 aromatic rings. The van der Waals surface area contributed by atoms with E-state index in [1.165, 1.54) is 20.4 Å². The molecule has 0 aliphatic heterocycles. The van der Waals surface area contributed by atoms with Crippen LogP contribution < -0.4 is 19.2 Å². The second-order valence-electron chi connectivity index (χ2n) is 5.65. The van der Waals surface area contributed by atoms with Crippen molar-refractivity contribution in [1.29, 1.82) is 0 Å². The Labute approximate surface area is 172 Å². The summed E-state index contributed by atoms with van der Waals surface area (Å²) in [6, 6.07) is 11.8. The maximum absolute atomic E-state index is 12.2. The van der Waals surface area contributed by atoms with Gasteiger partial charge in [0, 0.05) is 10.0 Å². The first-order valence-corrected chi connectivity index (χ1v) is 10.7. The molecular formula is C18H20BrN3O5S. The lowest BCUT2D eigenvalue weighted by atomic mass is 10.2. The highest BCUT2D eigenvalue weighted by Gasteiger charge is 2.20. The van der Waals surface area contributed by atoms with Crippen LogP contribution in [-0.2, 0) is 14.8 Å². The Bertz CT molecular complexity index is 979. The highest BCUT2D eigenvalue weighted by molar-refractivity contribution is 9.10. The van der Waals surface area contributed by atoms with Crippen molar-refractivity contribution >= 4 is 43.8 Å². The molecule has 0 saturated heterocycles. The summed E-state index contributed by atoms with van der Waals surface area (Å²) in [5.74, 6) is 0.556. The molecule has 0 heterocycles. The Kier molecular flexibility index (Phi) is 7.41. The van der Waals surface area contributed by atoms with Gasteiger partial charge in [0.25, 0.3) is 5.91 Å². The largest absolute Gasteiger partial charge is 0.497 e. The second-order valence-corrected chi connectivity index (χ2v) is 8.47. The number of rotatable bonds is 8. The molecule has 0 unspecified atom stereocenters. The van der Waals surface area contributed by atoms with E-state index in [1.807, 2.05) is 0 Å².